The van der Waals surface area contributed by atoms with Gasteiger partial charge in [0.1, 0.15) is 0 Å². The fourth-order valence-corrected chi connectivity index (χ4v) is 3.76. The lowest BCUT2D eigenvalue weighted by Gasteiger charge is -2.12. The Morgan fingerprint density at radius 3 is 3.00 bits per heavy atom. The summed E-state index contributed by atoms with van der Waals surface area (Å²) in [5.74, 6) is 0.907. The Labute approximate surface area is 127 Å². The van der Waals surface area contributed by atoms with Crippen molar-refractivity contribution in [3.63, 3.8) is 0 Å². The molecule has 5 heteroatoms. The number of nitrogens with one attached hydrogen (secondary N) is 1. The number of thioether (sulfide) groups is 1. The van der Waals surface area contributed by atoms with E-state index < -0.39 is 0 Å². The highest BCUT2D eigenvalue weighted by Crippen LogP contribution is 2.30. The zero-order valence-electron chi connectivity index (χ0n) is 11.6. The lowest BCUT2D eigenvalue weighted by atomic mass is 10.0. The van der Waals surface area contributed by atoms with E-state index in [2.05, 4.69) is 10.3 Å². The minimum absolute atomic E-state index is 0.0418. The van der Waals surface area contributed by atoms with Crippen molar-refractivity contribution in [1.82, 2.24) is 10.3 Å². The summed E-state index contributed by atoms with van der Waals surface area (Å²) in [6.45, 7) is 0.787. The number of aryl methyl sites for hydroxylation is 1. The second-order valence-corrected chi connectivity index (χ2v) is 6.36. The number of aromatic nitrogens is 1. The number of para-hydroxylation sites is 1. The van der Waals surface area contributed by atoms with Crippen LogP contribution in [0.1, 0.15) is 28.0 Å². The second-order valence-electron chi connectivity index (χ2n) is 5.27. The van der Waals surface area contributed by atoms with Crippen molar-refractivity contribution >= 4 is 33.7 Å². The van der Waals surface area contributed by atoms with Gasteiger partial charge < -0.3 is 5.32 Å². The van der Waals surface area contributed by atoms with Crippen LogP contribution in [0.15, 0.2) is 29.3 Å². The predicted molar refractivity (Wildman–Crippen MR) is 86.0 cm³/mol. The number of nitrogens with zero attached hydrogens (tertiary/aromatic N) is 2. The van der Waals surface area contributed by atoms with Gasteiger partial charge in [0.05, 0.1) is 17.6 Å². The number of amides is 1. The maximum absolute atomic E-state index is 12.7. The number of amidine groups is 1. The smallest absolute Gasteiger partial charge is 0.258 e. The Morgan fingerprint density at radius 1 is 1.24 bits per heavy atom. The molecule has 2 aliphatic rings. The molecule has 0 atom stereocenters. The summed E-state index contributed by atoms with van der Waals surface area (Å²) in [5.41, 5.74) is 3.90. The van der Waals surface area contributed by atoms with Crippen LogP contribution < -0.4 is 5.32 Å². The maximum Gasteiger partial charge on any atom is 0.258 e. The van der Waals surface area contributed by atoms with E-state index in [-0.39, 0.29) is 5.91 Å². The zero-order valence-corrected chi connectivity index (χ0v) is 12.4. The largest absolute Gasteiger partial charge is 0.301 e. The van der Waals surface area contributed by atoms with Gasteiger partial charge in [-0.05, 0) is 30.9 Å². The first-order valence-electron chi connectivity index (χ1n) is 7.22. The molecule has 2 heterocycles. The number of pyridine rings is 1. The molecular weight excluding hydrogens is 282 g/mol. The molecule has 21 heavy (non-hydrogen) atoms. The minimum atomic E-state index is -0.0418. The van der Waals surface area contributed by atoms with Crippen molar-refractivity contribution in [3.05, 3.63) is 41.1 Å². The lowest BCUT2D eigenvalue weighted by molar-refractivity contribution is 0.0978. The van der Waals surface area contributed by atoms with E-state index in [0.29, 0.717) is 0 Å². The van der Waals surface area contributed by atoms with Gasteiger partial charge in [0.15, 0.2) is 5.17 Å². The molecule has 0 radical (unpaired) electrons. The molecule has 0 saturated heterocycles. The Kier molecular flexibility index (Phi) is 3.15. The van der Waals surface area contributed by atoms with Crippen LogP contribution in [0, 0.1) is 0 Å². The summed E-state index contributed by atoms with van der Waals surface area (Å²) < 4.78 is 0. The van der Waals surface area contributed by atoms with E-state index in [1.54, 1.807) is 11.8 Å². The van der Waals surface area contributed by atoms with Gasteiger partial charge in [-0.3, -0.25) is 14.8 Å². The van der Waals surface area contributed by atoms with Crippen LogP contribution in [0.3, 0.4) is 0 Å². The number of hydrogen-bond acceptors (Lipinski definition) is 4. The molecule has 4 nitrogen and oxygen atoms in total. The summed E-state index contributed by atoms with van der Waals surface area (Å²) in [5, 5.41) is 4.65. The number of fused-ring (bicyclic) bond motifs is 2. The first-order chi connectivity index (χ1) is 10.3. The molecule has 106 valence electrons. The van der Waals surface area contributed by atoms with Gasteiger partial charge in [-0.2, -0.15) is 0 Å². The zero-order chi connectivity index (χ0) is 14.2. The first kappa shape index (κ1) is 12.8. The van der Waals surface area contributed by atoms with Crippen LogP contribution in [0.2, 0.25) is 0 Å². The van der Waals surface area contributed by atoms with E-state index in [4.69, 9.17) is 4.98 Å². The van der Waals surface area contributed by atoms with Crippen LogP contribution in [0.4, 0.5) is 0 Å². The maximum atomic E-state index is 12.7. The first-order valence-corrected chi connectivity index (χ1v) is 8.20. The van der Waals surface area contributed by atoms with Gasteiger partial charge in [0.25, 0.3) is 5.91 Å². The van der Waals surface area contributed by atoms with E-state index in [1.165, 1.54) is 0 Å². The standard InChI is InChI=1S/C16H15N3OS/c20-15(19-16-17-8-9-21-16)14-10-4-1-2-6-12(10)18-13-7-3-5-11(13)14/h1-2,4,6H,3,5,7-9H2,(H,17,19,20). The van der Waals surface area contributed by atoms with Gasteiger partial charge >= 0.3 is 0 Å². The molecule has 0 bridgehead atoms. The van der Waals surface area contributed by atoms with Crippen molar-refractivity contribution in [3.8, 4) is 0 Å². The Balaban J connectivity index is 1.84. The lowest BCUT2D eigenvalue weighted by Crippen LogP contribution is -2.28. The van der Waals surface area contributed by atoms with E-state index >= 15 is 0 Å². The summed E-state index contributed by atoms with van der Waals surface area (Å²) in [6, 6.07) is 7.89. The van der Waals surface area contributed by atoms with Crippen molar-refractivity contribution < 1.29 is 4.79 Å². The third kappa shape index (κ3) is 2.21. The number of hydrogen-bond donors (Lipinski definition) is 1. The van der Waals surface area contributed by atoms with Crippen LogP contribution >= 0.6 is 11.8 Å². The molecule has 1 aliphatic carbocycles. The fraction of sp³-hybridized carbons (Fsp3) is 0.312. The molecule has 0 saturated carbocycles. The molecule has 1 amide bonds. The molecular formula is C16H15N3OS. The molecule has 2 aromatic rings. The Morgan fingerprint density at radius 2 is 2.14 bits per heavy atom. The summed E-state index contributed by atoms with van der Waals surface area (Å²) >= 11 is 1.61. The molecule has 1 aliphatic heterocycles. The van der Waals surface area contributed by atoms with Gasteiger partial charge in [-0.25, -0.2) is 0 Å². The molecule has 1 N–H and O–H groups in total. The van der Waals surface area contributed by atoms with Crippen LogP contribution in [-0.4, -0.2) is 28.4 Å². The highest BCUT2D eigenvalue weighted by atomic mass is 32.2. The van der Waals surface area contributed by atoms with Crippen molar-refractivity contribution in [2.24, 2.45) is 4.99 Å². The minimum Gasteiger partial charge on any atom is -0.301 e. The number of carbonyl (C=O) groups excluding carboxylic acids is 1. The summed E-state index contributed by atoms with van der Waals surface area (Å²) in [4.78, 5) is 21.8. The number of rotatable bonds is 1. The third-order valence-electron chi connectivity index (χ3n) is 3.95. The summed E-state index contributed by atoms with van der Waals surface area (Å²) in [7, 11) is 0. The average molecular weight is 297 g/mol. The van der Waals surface area contributed by atoms with Gasteiger partial charge in [-0.15, -0.1) is 0 Å². The molecule has 1 aromatic heterocycles. The van der Waals surface area contributed by atoms with Crippen LogP contribution in [-0.2, 0) is 12.8 Å². The predicted octanol–water partition coefficient (Wildman–Crippen LogP) is 2.56. The van der Waals surface area contributed by atoms with Crippen LogP contribution in [0.5, 0.6) is 0 Å². The fourth-order valence-electron chi connectivity index (χ4n) is 3.04. The van der Waals surface area contributed by atoms with E-state index in [9.17, 15) is 4.79 Å². The second kappa shape index (κ2) is 5.15. The van der Waals surface area contributed by atoms with Crippen LogP contribution in [0.25, 0.3) is 10.9 Å². The number of carbonyl (C=O) groups is 1. The topological polar surface area (TPSA) is 54.4 Å². The van der Waals surface area contributed by atoms with Crippen molar-refractivity contribution in [2.45, 2.75) is 19.3 Å². The van der Waals surface area contributed by atoms with Gasteiger partial charge in [-0.1, -0.05) is 30.0 Å². The molecule has 0 unspecified atom stereocenters. The van der Waals surface area contributed by atoms with E-state index in [0.717, 1.165) is 64.5 Å². The van der Waals surface area contributed by atoms with Gasteiger partial charge in [0.2, 0.25) is 0 Å². The quantitative estimate of drug-likeness (QED) is 0.880. The monoisotopic (exact) mass is 297 g/mol. The number of aliphatic imine (C=N–C) groups is 1. The molecule has 0 spiro atoms. The average Bonchev–Trinajstić information content (AvgIpc) is 3.15. The third-order valence-corrected chi connectivity index (χ3v) is 4.84. The SMILES string of the molecule is O=C(NC1=NCCS1)c1c2c(nc3ccccc13)CCC2. The summed E-state index contributed by atoms with van der Waals surface area (Å²) in [6.07, 6.45) is 2.99. The van der Waals surface area contributed by atoms with Crippen molar-refractivity contribution in [2.75, 3.05) is 12.3 Å². The highest BCUT2D eigenvalue weighted by Gasteiger charge is 2.24. The normalized spacial score (nSPS) is 16.9. The Bertz CT molecular complexity index is 769. The molecule has 1 aromatic carbocycles. The van der Waals surface area contributed by atoms with Gasteiger partial charge in [0, 0.05) is 16.8 Å². The highest BCUT2D eigenvalue weighted by molar-refractivity contribution is 8.14. The van der Waals surface area contributed by atoms with E-state index in [1.807, 2.05) is 24.3 Å². The molecule has 0 fully saturated rings. The number of benzene rings is 1. The Hall–Kier alpha value is -1.88. The molecule has 4 rings (SSSR count). The van der Waals surface area contributed by atoms with Crippen molar-refractivity contribution in [1.29, 1.82) is 0 Å².